The van der Waals surface area contributed by atoms with Crippen molar-refractivity contribution >= 4 is 11.0 Å². The highest BCUT2D eigenvalue weighted by atomic mass is 32.2. The molecule has 0 radical (unpaired) electrons. The molecule has 1 heterocycles. The van der Waals surface area contributed by atoms with E-state index in [1.807, 2.05) is 4.31 Å². The average Bonchev–Trinajstić information content (AvgIpc) is 2.44. The first-order valence-electron chi connectivity index (χ1n) is 7.16. The number of halogens is 2. The number of rotatable bonds is 5. The summed E-state index contributed by atoms with van der Waals surface area (Å²) in [6, 6.07) is 3.57. The Morgan fingerprint density at radius 1 is 1.29 bits per heavy atom. The van der Waals surface area contributed by atoms with Gasteiger partial charge in [-0.05, 0) is 48.8 Å². The molecule has 1 aromatic rings. The fraction of sp³-hybridized carbons (Fsp3) is 0.600. The molecule has 1 aliphatic heterocycles. The molecule has 1 aromatic carbocycles. The quantitative estimate of drug-likeness (QED) is 0.906. The molecule has 0 bridgehead atoms. The van der Waals surface area contributed by atoms with Crippen LogP contribution in [-0.2, 0) is 11.0 Å². The minimum Gasteiger partial charge on any atom is -0.396 e. The van der Waals surface area contributed by atoms with Crippen molar-refractivity contribution in [2.24, 2.45) is 5.92 Å². The highest BCUT2D eigenvalue weighted by Gasteiger charge is 2.29. The van der Waals surface area contributed by atoms with Crippen LogP contribution >= 0.6 is 0 Å². The van der Waals surface area contributed by atoms with E-state index in [4.69, 9.17) is 0 Å². The van der Waals surface area contributed by atoms with Crippen LogP contribution < -0.4 is 0 Å². The number of hydrogen-bond acceptors (Lipinski definition) is 2. The van der Waals surface area contributed by atoms with Crippen molar-refractivity contribution in [1.29, 1.82) is 0 Å². The summed E-state index contributed by atoms with van der Waals surface area (Å²) in [5, 5.41) is 9.26. The van der Waals surface area contributed by atoms with Crippen LogP contribution in [0.1, 0.15) is 30.7 Å². The Morgan fingerprint density at radius 3 is 2.33 bits per heavy atom. The second-order valence-corrected chi connectivity index (χ2v) is 6.88. The molecule has 6 heteroatoms. The monoisotopic (exact) mass is 317 g/mol. The molecule has 2 unspecified atom stereocenters. The SMILES string of the molecule is CS(=O)N1CCC(C(CCO)c2cc(F)cc(F)c2)CC1. The first-order valence-corrected chi connectivity index (χ1v) is 8.68. The normalized spacial score (nSPS) is 20.4. The number of benzene rings is 1. The van der Waals surface area contributed by atoms with Crippen LogP contribution in [0, 0.1) is 17.6 Å². The Balaban J connectivity index is 2.14. The Bertz CT molecular complexity index is 484. The zero-order valence-corrected chi connectivity index (χ0v) is 12.9. The van der Waals surface area contributed by atoms with Gasteiger partial charge in [-0.25, -0.2) is 17.3 Å². The van der Waals surface area contributed by atoms with Gasteiger partial charge >= 0.3 is 0 Å². The molecule has 1 fully saturated rings. The van der Waals surface area contributed by atoms with Crippen molar-refractivity contribution < 1.29 is 18.1 Å². The second-order valence-electron chi connectivity index (χ2n) is 5.51. The molecule has 1 aliphatic rings. The molecular weight excluding hydrogens is 296 g/mol. The maximum Gasteiger partial charge on any atom is 0.126 e. The molecule has 0 aliphatic carbocycles. The molecule has 1 saturated heterocycles. The van der Waals surface area contributed by atoms with Gasteiger partial charge in [0.15, 0.2) is 0 Å². The van der Waals surface area contributed by atoms with Gasteiger partial charge in [0.1, 0.15) is 11.6 Å². The van der Waals surface area contributed by atoms with Crippen molar-refractivity contribution in [3.8, 4) is 0 Å². The smallest absolute Gasteiger partial charge is 0.126 e. The summed E-state index contributed by atoms with van der Waals surface area (Å²) in [5.74, 6) is -0.981. The molecule has 0 spiro atoms. The molecule has 3 nitrogen and oxygen atoms in total. The molecule has 0 aromatic heterocycles. The molecule has 21 heavy (non-hydrogen) atoms. The lowest BCUT2D eigenvalue weighted by Gasteiger charge is -2.35. The van der Waals surface area contributed by atoms with E-state index < -0.39 is 22.6 Å². The lowest BCUT2D eigenvalue weighted by Crippen LogP contribution is -2.36. The van der Waals surface area contributed by atoms with E-state index in [0.29, 0.717) is 25.1 Å². The minimum atomic E-state index is -0.972. The lowest BCUT2D eigenvalue weighted by atomic mass is 9.78. The predicted octanol–water partition coefficient (Wildman–Crippen LogP) is 2.44. The highest BCUT2D eigenvalue weighted by molar-refractivity contribution is 7.81. The zero-order chi connectivity index (χ0) is 15.4. The van der Waals surface area contributed by atoms with E-state index in [1.54, 1.807) is 6.26 Å². The summed E-state index contributed by atoms with van der Waals surface area (Å²) in [7, 11) is -0.972. The van der Waals surface area contributed by atoms with Crippen LogP contribution in [-0.4, -0.2) is 39.6 Å². The van der Waals surface area contributed by atoms with E-state index in [-0.39, 0.29) is 18.4 Å². The lowest BCUT2D eigenvalue weighted by molar-refractivity contribution is 0.209. The van der Waals surface area contributed by atoms with E-state index in [1.165, 1.54) is 12.1 Å². The third-order valence-corrected chi connectivity index (χ3v) is 5.28. The number of aliphatic hydroxyl groups is 1. The van der Waals surface area contributed by atoms with Crippen LogP contribution in [0.5, 0.6) is 0 Å². The average molecular weight is 317 g/mol. The predicted molar refractivity (Wildman–Crippen MR) is 79.2 cm³/mol. The summed E-state index contributed by atoms with van der Waals surface area (Å²) in [6.07, 6.45) is 3.79. The Hall–Kier alpha value is -0.850. The third-order valence-electron chi connectivity index (χ3n) is 4.18. The van der Waals surface area contributed by atoms with Crippen LogP contribution in [0.15, 0.2) is 18.2 Å². The Labute approximate surface area is 126 Å². The van der Waals surface area contributed by atoms with Gasteiger partial charge in [0.05, 0.1) is 11.0 Å². The molecule has 118 valence electrons. The summed E-state index contributed by atoms with van der Waals surface area (Å²) in [4.78, 5) is 0. The van der Waals surface area contributed by atoms with Gasteiger partial charge < -0.3 is 5.11 Å². The van der Waals surface area contributed by atoms with Gasteiger partial charge in [0.2, 0.25) is 0 Å². The van der Waals surface area contributed by atoms with Gasteiger partial charge in [-0.2, -0.15) is 0 Å². The van der Waals surface area contributed by atoms with Gasteiger partial charge in [-0.3, -0.25) is 0 Å². The van der Waals surface area contributed by atoms with Crippen molar-refractivity contribution in [1.82, 2.24) is 4.31 Å². The van der Waals surface area contributed by atoms with Crippen LogP contribution in [0.4, 0.5) is 8.78 Å². The van der Waals surface area contributed by atoms with E-state index in [0.717, 1.165) is 18.9 Å². The first-order chi connectivity index (χ1) is 10.0. The number of nitrogens with zero attached hydrogens (tertiary/aromatic N) is 1. The minimum absolute atomic E-state index is 0.0112. The van der Waals surface area contributed by atoms with Gasteiger partial charge in [-0.15, -0.1) is 0 Å². The molecule has 2 rings (SSSR count). The van der Waals surface area contributed by atoms with Crippen molar-refractivity contribution in [3.63, 3.8) is 0 Å². The summed E-state index contributed by atoms with van der Waals surface area (Å²) in [5.41, 5.74) is 0.609. The number of piperidine rings is 1. The summed E-state index contributed by atoms with van der Waals surface area (Å²) >= 11 is 0. The topological polar surface area (TPSA) is 40.5 Å². The molecule has 0 saturated carbocycles. The van der Waals surface area contributed by atoms with E-state index in [9.17, 15) is 18.1 Å². The van der Waals surface area contributed by atoms with Crippen molar-refractivity contribution in [2.45, 2.75) is 25.2 Å². The number of hydrogen-bond donors (Lipinski definition) is 1. The maximum atomic E-state index is 13.4. The molecule has 1 N–H and O–H groups in total. The fourth-order valence-electron chi connectivity index (χ4n) is 3.14. The van der Waals surface area contributed by atoms with E-state index in [2.05, 4.69) is 0 Å². The van der Waals surface area contributed by atoms with Gasteiger partial charge in [-0.1, -0.05) is 0 Å². The largest absolute Gasteiger partial charge is 0.396 e. The Kier molecular flexibility index (Phi) is 5.84. The second kappa shape index (κ2) is 7.42. The summed E-state index contributed by atoms with van der Waals surface area (Å²) in [6.45, 7) is 1.42. The van der Waals surface area contributed by atoms with E-state index >= 15 is 0 Å². The van der Waals surface area contributed by atoms with Crippen LogP contribution in [0.3, 0.4) is 0 Å². The van der Waals surface area contributed by atoms with Crippen molar-refractivity contribution in [2.75, 3.05) is 26.0 Å². The molecule has 2 atom stereocenters. The number of aliphatic hydroxyl groups excluding tert-OH is 1. The molecule has 0 amide bonds. The van der Waals surface area contributed by atoms with Crippen molar-refractivity contribution in [3.05, 3.63) is 35.4 Å². The standard InChI is InChI=1S/C15H21F2NO2S/c1-21(20)18-5-2-11(3-6-18)15(4-7-19)12-8-13(16)10-14(17)9-12/h8-11,15,19H,2-7H2,1H3. The first kappa shape index (κ1) is 16.5. The maximum absolute atomic E-state index is 13.4. The summed E-state index contributed by atoms with van der Waals surface area (Å²) < 4.78 is 40.2. The molecular formula is C15H21F2NO2S. The van der Waals surface area contributed by atoms with Gasteiger partial charge in [0.25, 0.3) is 0 Å². The van der Waals surface area contributed by atoms with Crippen LogP contribution in [0.25, 0.3) is 0 Å². The fourth-order valence-corrected chi connectivity index (χ4v) is 3.86. The zero-order valence-electron chi connectivity index (χ0n) is 12.1. The highest BCUT2D eigenvalue weighted by Crippen LogP contribution is 2.35. The van der Waals surface area contributed by atoms with Crippen LogP contribution in [0.2, 0.25) is 0 Å². The Morgan fingerprint density at radius 2 is 1.86 bits per heavy atom. The van der Waals surface area contributed by atoms with Gasteiger partial charge in [0, 0.05) is 32.0 Å². The third kappa shape index (κ3) is 4.31.